The summed E-state index contributed by atoms with van der Waals surface area (Å²) in [6.07, 6.45) is -1.28. The lowest BCUT2D eigenvalue weighted by Crippen LogP contribution is -2.16. The van der Waals surface area contributed by atoms with Crippen molar-refractivity contribution in [1.82, 2.24) is 4.98 Å². The monoisotopic (exact) mass is 293 g/mol. The van der Waals surface area contributed by atoms with Gasteiger partial charge in [-0.15, -0.1) is 11.3 Å². The van der Waals surface area contributed by atoms with Crippen molar-refractivity contribution in [2.45, 2.75) is 39.2 Å². The van der Waals surface area contributed by atoms with E-state index in [4.69, 9.17) is 4.74 Å². The van der Waals surface area contributed by atoms with Crippen LogP contribution in [0.1, 0.15) is 44.4 Å². The van der Waals surface area contributed by atoms with Crippen LogP contribution in [0.2, 0.25) is 0 Å². The quantitative estimate of drug-likeness (QED) is 0.883. The number of ether oxygens (including phenoxy) is 1. The third-order valence-corrected chi connectivity index (χ3v) is 4.34. The van der Waals surface area contributed by atoms with Crippen LogP contribution in [0.25, 0.3) is 10.2 Å². The number of aliphatic hydroxyl groups excluding tert-OH is 1. The van der Waals surface area contributed by atoms with Gasteiger partial charge in [0.25, 0.3) is 0 Å². The molecule has 0 aliphatic carbocycles. The first kappa shape index (κ1) is 14.9. The minimum absolute atomic E-state index is 0.0597. The van der Waals surface area contributed by atoms with Crippen molar-refractivity contribution in [1.29, 1.82) is 0 Å². The second-order valence-corrected chi connectivity index (χ2v) is 6.65. The summed E-state index contributed by atoms with van der Waals surface area (Å²) in [7, 11) is 0. The number of carbonyl (C=O) groups excluding carboxylic acids is 1. The number of hydrogen-bond donors (Lipinski definition) is 1. The molecule has 20 heavy (non-hydrogen) atoms. The van der Waals surface area contributed by atoms with Crippen LogP contribution in [0, 0.1) is 0 Å². The lowest BCUT2D eigenvalue weighted by molar-refractivity contribution is -0.153. The van der Waals surface area contributed by atoms with Crippen molar-refractivity contribution in [3.05, 3.63) is 28.8 Å². The number of nitrogens with zero attached hydrogens (tertiary/aromatic N) is 1. The summed E-state index contributed by atoms with van der Waals surface area (Å²) >= 11 is 1.59. The van der Waals surface area contributed by atoms with Crippen LogP contribution < -0.4 is 0 Å². The van der Waals surface area contributed by atoms with Gasteiger partial charge in [-0.2, -0.15) is 0 Å². The fraction of sp³-hybridized carbons (Fsp3) is 0.467. The highest BCUT2D eigenvalue weighted by atomic mass is 32.1. The molecule has 0 saturated heterocycles. The fourth-order valence-electron chi connectivity index (χ4n) is 1.86. The summed E-state index contributed by atoms with van der Waals surface area (Å²) in [5, 5.41) is 11.1. The van der Waals surface area contributed by atoms with Gasteiger partial charge in [0.15, 0.2) is 6.10 Å². The van der Waals surface area contributed by atoms with Crippen LogP contribution in [-0.2, 0) is 14.9 Å². The van der Waals surface area contributed by atoms with Gasteiger partial charge >= 0.3 is 5.97 Å². The van der Waals surface area contributed by atoms with Crippen LogP contribution in [0.4, 0.5) is 0 Å². The Morgan fingerprint density at radius 3 is 2.75 bits per heavy atom. The molecular weight excluding hydrogens is 274 g/mol. The average Bonchev–Trinajstić information content (AvgIpc) is 2.81. The first-order chi connectivity index (χ1) is 9.34. The third-order valence-electron chi connectivity index (χ3n) is 2.90. The second-order valence-electron chi connectivity index (χ2n) is 5.62. The Bertz CT molecular complexity index is 628. The number of benzene rings is 1. The highest BCUT2D eigenvalue weighted by Crippen LogP contribution is 2.34. The van der Waals surface area contributed by atoms with Gasteiger partial charge in [-0.1, -0.05) is 32.9 Å². The molecule has 108 valence electrons. The molecule has 2 aromatic rings. The van der Waals surface area contributed by atoms with Crippen molar-refractivity contribution < 1.29 is 14.6 Å². The summed E-state index contributed by atoms with van der Waals surface area (Å²) < 4.78 is 5.84. The molecule has 1 aromatic heterocycles. The molecule has 0 radical (unpaired) electrons. The van der Waals surface area contributed by atoms with Gasteiger partial charge in [-0.3, -0.25) is 0 Å². The van der Waals surface area contributed by atoms with E-state index >= 15 is 0 Å². The van der Waals surface area contributed by atoms with Crippen molar-refractivity contribution in [2.24, 2.45) is 0 Å². The van der Waals surface area contributed by atoms with Crippen molar-refractivity contribution in [3.63, 3.8) is 0 Å². The van der Waals surface area contributed by atoms with Gasteiger partial charge in [-0.05, 0) is 13.0 Å². The maximum atomic E-state index is 11.7. The number of rotatable bonds is 3. The molecule has 0 fully saturated rings. The normalized spacial score (nSPS) is 13.4. The Labute approximate surface area is 122 Å². The number of carbonyl (C=O) groups is 1. The zero-order chi connectivity index (χ0) is 14.9. The van der Waals surface area contributed by atoms with Gasteiger partial charge in [0, 0.05) is 11.0 Å². The molecule has 1 heterocycles. The molecule has 1 N–H and O–H groups in total. The summed E-state index contributed by atoms with van der Waals surface area (Å²) in [6.45, 7) is 8.23. The molecule has 0 spiro atoms. The lowest BCUT2D eigenvalue weighted by atomic mass is 9.98. The van der Waals surface area contributed by atoms with Gasteiger partial charge in [-0.25, -0.2) is 9.78 Å². The Kier molecular flexibility index (Phi) is 4.11. The zero-order valence-corrected chi connectivity index (χ0v) is 13.0. The van der Waals surface area contributed by atoms with E-state index < -0.39 is 12.1 Å². The number of aliphatic hydroxyl groups is 1. The second kappa shape index (κ2) is 5.50. The topological polar surface area (TPSA) is 59.4 Å². The van der Waals surface area contributed by atoms with Crippen molar-refractivity contribution >= 4 is 27.5 Å². The average molecular weight is 293 g/mol. The Morgan fingerprint density at radius 2 is 2.15 bits per heavy atom. The molecule has 1 unspecified atom stereocenters. The third kappa shape index (κ3) is 2.83. The molecule has 4 nitrogen and oxygen atoms in total. The first-order valence-corrected chi connectivity index (χ1v) is 7.41. The van der Waals surface area contributed by atoms with E-state index in [1.165, 1.54) is 0 Å². The minimum Gasteiger partial charge on any atom is -0.464 e. The number of fused-ring (bicyclic) bond motifs is 1. The first-order valence-electron chi connectivity index (χ1n) is 6.59. The Hall–Kier alpha value is -1.46. The number of hydrogen-bond acceptors (Lipinski definition) is 5. The predicted octanol–water partition coefficient (Wildman–Crippen LogP) is 3.19. The van der Waals surface area contributed by atoms with E-state index in [0.29, 0.717) is 11.1 Å². The fourth-order valence-corrected chi connectivity index (χ4v) is 2.92. The number of aromatic nitrogens is 1. The number of esters is 1. The van der Waals surface area contributed by atoms with Crippen LogP contribution >= 0.6 is 11.3 Å². The number of para-hydroxylation sites is 1. The maximum Gasteiger partial charge on any atom is 0.339 e. The molecule has 5 heteroatoms. The van der Waals surface area contributed by atoms with Crippen molar-refractivity contribution in [3.8, 4) is 0 Å². The zero-order valence-electron chi connectivity index (χ0n) is 12.1. The van der Waals surface area contributed by atoms with Gasteiger partial charge < -0.3 is 9.84 Å². The maximum absolute atomic E-state index is 11.7. The summed E-state index contributed by atoms with van der Waals surface area (Å²) in [5.74, 6) is -0.634. The molecule has 0 aliphatic rings. The Morgan fingerprint density at radius 1 is 1.45 bits per heavy atom. The van der Waals surface area contributed by atoms with E-state index in [1.54, 1.807) is 24.3 Å². The van der Waals surface area contributed by atoms with E-state index in [0.717, 1.165) is 9.71 Å². The smallest absolute Gasteiger partial charge is 0.339 e. The highest BCUT2D eigenvalue weighted by molar-refractivity contribution is 7.18. The van der Waals surface area contributed by atoms with Crippen LogP contribution in [0.5, 0.6) is 0 Å². The SMILES string of the molecule is CCOC(=O)C(O)c1cccc2sc(C(C)(C)C)nc12. The summed E-state index contributed by atoms with van der Waals surface area (Å²) in [5.41, 5.74) is 1.13. The predicted molar refractivity (Wildman–Crippen MR) is 79.9 cm³/mol. The number of thiazole rings is 1. The minimum atomic E-state index is -1.28. The van der Waals surface area contributed by atoms with Gasteiger partial charge in [0.1, 0.15) is 0 Å². The molecule has 0 aliphatic heterocycles. The lowest BCUT2D eigenvalue weighted by Gasteiger charge is -2.13. The molecule has 0 amide bonds. The molecular formula is C15H19NO3S. The largest absolute Gasteiger partial charge is 0.464 e. The van der Waals surface area contributed by atoms with Gasteiger partial charge in [0.2, 0.25) is 0 Å². The van der Waals surface area contributed by atoms with Crippen LogP contribution in [0.15, 0.2) is 18.2 Å². The van der Waals surface area contributed by atoms with Crippen LogP contribution in [0.3, 0.4) is 0 Å². The Balaban J connectivity index is 2.49. The molecule has 1 aromatic carbocycles. The molecule has 0 saturated carbocycles. The molecule has 1 atom stereocenters. The summed E-state index contributed by atoms with van der Waals surface area (Å²) in [4.78, 5) is 16.3. The standard InChI is InChI=1S/C15H19NO3S/c1-5-19-13(18)12(17)9-7-6-8-10-11(9)16-14(20-10)15(2,3)4/h6-8,12,17H,5H2,1-4H3. The van der Waals surface area contributed by atoms with Crippen molar-refractivity contribution in [2.75, 3.05) is 6.61 Å². The van der Waals surface area contributed by atoms with Gasteiger partial charge in [0.05, 0.1) is 21.8 Å². The highest BCUT2D eigenvalue weighted by Gasteiger charge is 2.25. The van der Waals surface area contributed by atoms with E-state index in [1.807, 2.05) is 12.1 Å². The molecule has 0 bridgehead atoms. The molecule has 2 rings (SSSR count). The van der Waals surface area contributed by atoms with E-state index in [2.05, 4.69) is 25.8 Å². The van der Waals surface area contributed by atoms with Crippen LogP contribution in [-0.4, -0.2) is 22.7 Å². The van der Waals surface area contributed by atoms with E-state index in [9.17, 15) is 9.90 Å². The van der Waals surface area contributed by atoms with E-state index in [-0.39, 0.29) is 12.0 Å². The summed E-state index contributed by atoms with van der Waals surface area (Å²) in [6, 6.07) is 5.49.